The molecule has 0 amide bonds. The lowest BCUT2D eigenvalue weighted by Gasteiger charge is -2.23. The lowest BCUT2D eigenvalue weighted by atomic mass is 10.1. The molecule has 0 unspecified atom stereocenters. The number of likely N-dealkylation sites (N-methyl/N-ethyl adjacent to an activating group) is 2. The lowest BCUT2D eigenvalue weighted by Crippen LogP contribution is -2.45. The SMILES string of the molecule is CC(C)(N)C(=O)O.C[N+](C)(C)CC(=O)[O-].C[N+](C)(C)CC(=O)[O-]. The minimum absolute atomic E-state index is 0.0694. The Bertz CT molecular complexity index is 363. The van der Waals surface area contributed by atoms with Gasteiger partial charge in [-0.15, -0.1) is 0 Å². The molecular formula is C14H31N3O6. The number of carbonyl (C=O) groups is 3. The number of aliphatic carboxylic acids is 3. The van der Waals surface area contributed by atoms with Gasteiger partial charge in [0.1, 0.15) is 18.6 Å². The molecule has 0 spiro atoms. The molecule has 9 nitrogen and oxygen atoms in total. The van der Waals surface area contributed by atoms with E-state index in [0.717, 1.165) is 0 Å². The molecule has 0 bridgehead atoms. The molecule has 0 aromatic carbocycles. The van der Waals surface area contributed by atoms with Crippen LogP contribution in [0.5, 0.6) is 0 Å². The zero-order valence-electron chi connectivity index (χ0n) is 15.4. The first-order valence-corrected chi connectivity index (χ1v) is 6.81. The Morgan fingerprint density at radius 2 is 1.04 bits per heavy atom. The standard InChI is InChI=1S/2C5H11NO2.C4H9NO2/c2*1-6(2,3)4-5(7)8;1-4(2,5)3(6)7/h2*4H2,1-3H3;5H2,1-2H3,(H,6,7). The van der Waals surface area contributed by atoms with Crippen LogP contribution in [0.4, 0.5) is 0 Å². The topological polar surface area (TPSA) is 144 Å². The quantitative estimate of drug-likeness (QED) is 0.500. The van der Waals surface area contributed by atoms with Crippen molar-refractivity contribution < 1.29 is 38.7 Å². The minimum Gasteiger partial charge on any atom is -0.544 e. The van der Waals surface area contributed by atoms with Gasteiger partial charge in [0.05, 0.1) is 54.2 Å². The van der Waals surface area contributed by atoms with Gasteiger partial charge in [0.2, 0.25) is 0 Å². The first-order valence-electron chi connectivity index (χ1n) is 6.81. The van der Waals surface area contributed by atoms with Crippen molar-refractivity contribution in [2.75, 3.05) is 55.4 Å². The van der Waals surface area contributed by atoms with Gasteiger partial charge in [-0.05, 0) is 13.8 Å². The fourth-order valence-electron chi connectivity index (χ4n) is 0.775. The maximum Gasteiger partial charge on any atom is 0.323 e. The summed E-state index contributed by atoms with van der Waals surface area (Å²) in [7, 11) is 10.8. The predicted octanol–water partition coefficient (Wildman–Crippen LogP) is -3.31. The smallest absolute Gasteiger partial charge is 0.323 e. The Balaban J connectivity index is -0.000000262. The van der Waals surface area contributed by atoms with E-state index in [1.165, 1.54) is 13.8 Å². The van der Waals surface area contributed by atoms with Gasteiger partial charge in [-0.3, -0.25) is 4.79 Å². The molecule has 0 saturated carbocycles. The summed E-state index contributed by atoms with van der Waals surface area (Å²) in [6, 6.07) is 0. The maximum atomic E-state index is 9.90. The Morgan fingerprint density at radius 3 is 1.04 bits per heavy atom. The fourth-order valence-corrected chi connectivity index (χ4v) is 0.775. The van der Waals surface area contributed by atoms with Crippen molar-refractivity contribution in [2.24, 2.45) is 5.73 Å². The van der Waals surface area contributed by atoms with E-state index < -0.39 is 23.4 Å². The van der Waals surface area contributed by atoms with Crippen LogP contribution in [-0.2, 0) is 14.4 Å². The zero-order chi connectivity index (χ0) is 19.6. The third-order valence-electron chi connectivity index (χ3n) is 1.76. The second-order valence-electron chi connectivity index (χ2n) is 7.67. The van der Waals surface area contributed by atoms with E-state index in [2.05, 4.69) is 0 Å². The van der Waals surface area contributed by atoms with E-state index in [9.17, 15) is 24.6 Å². The lowest BCUT2D eigenvalue weighted by molar-refractivity contribution is -0.864. The number of hydrogen-bond donors (Lipinski definition) is 2. The number of carbonyl (C=O) groups excluding carboxylic acids is 2. The third-order valence-corrected chi connectivity index (χ3v) is 1.76. The average molecular weight is 337 g/mol. The molecule has 9 heteroatoms. The van der Waals surface area contributed by atoms with Crippen molar-refractivity contribution >= 4 is 17.9 Å². The van der Waals surface area contributed by atoms with Gasteiger partial charge < -0.3 is 39.6 Å². The maximum absolute atomic E-state index is 9.90. The summed E-state index contributed by atoms with van der Waals surface area (Å²) in [6.07, 6.45) is 0. The second-order valence-corrected chi connectivity index (χ2v) is 7.67. The number of carboxylic acid groups (broad SMARTS) is 3. The van der Waals surface area contributed by atoms with E-state index in [0.29, 0.717) is 8.97 Å². The highest BCUT2D eigenvalue weighted by Crippen LogP contribution is 1.93. The number of nitrogens with zero attached hydrogens (tertiary/aromatic N) is 2. The number of nitrogens with two attached hydrogens (primary N) is 1. The molecule has 23 heavy (non-hydrogen) atoms. The molecule has 0 aliphatic rings. The van der Waals surface area contributed by atoms with Gasteiger partial charge in [-0.2, -0.15) is 0 Å². The summed E-state index contributed by atoms with van der Waals surface area (Å²) < 4.78 is 0.838. The molecule has 0 heterocycles. The van der Waals surface area contributed by atoms with Gasteiger partial charge in [0.25, 0.3) is 0 Å². The molecule has 0 aromatic heterocycles. The van der Waals surface area contributed by atoms with Gasteiger partial charge in [0.15, 0.2) is 0 Å². The molecule has 138 valence electrons. The van der Waals surface area contributed by atoms with Gasteiger partial charge in [-0.25, -0.2) is 0 Å². The Labute approximate surface area is 138 Å². The molecule has 0 saturated heterocycles. The fraction of sp³-hybridized carbons (Fsp3) is 0.786. The molecular weight excluding hydrogens is 306 g/mol. The van der Waals surface area contributed by atoms with Crippen molar-refractivity contribution in [3.05, 3.63) is 0 Å². The van der Waals surface area contributed by atoms with Crippen LogP contribution in [0.15, 0.2) is 0 Å². The predicted molar refractivity (Wildman–Crippen MR) is 81.7 cm³/mol. The molecule has 0 aliphatic heterocycles. The number of rotatable bonds is 5. The van der Waals surface area contributed by atoms with Crippen molar-refractivity contribution in [1.29, 1.82) is 0 Å². The highest BCUT2D eigenvalue weighted by atomic mass is 16.4. The van der Waals surface area contributed by atoms with Crippen molar-refractivity contribution in [3.63, 3.8) is 0 Å². The highest BCUT2D eigenvalue weighted by molar-refractivity contribution is 5.77. The second kappa shape index (κ2) is 10.1. The average Bonchev–Trinajstić information content (AvgIpc) is 2.07. The summed E-state index contributed by atoms with van der Waals surface area (Å²) in [5, 5.41) is 27.9. The van der Waals surface area contributed by atoms with Crippen LogP contribution in [0.25, 0.3) is 0 Å². The summed E-state index contributed by atoms with van der Waals surface area (Å²) in [5.41, 5.74) is 4.00. The first-order chi connectivity index (χ1) is 9.78. The van der Waals surface area contributed by atoms with Crippen LogP contribution in [-0.4, -0.2) is 92.9 Å². The van der Waals surface area contributed by atoms with Gasteiger partial charge in [-0.1, -0.05) is 0 Å². The first kappa shape index (κ1) is 26.2. The Morgan fingerprint density at radius 1 is 0.870 bits per heavy atom. The van der Waals surface area contributed by atoms with Crippen LogP contribution in [0.2, 0.25) is 0 Å². The molecule has 0 aromatic rings. The molecule has 0 atom stereocenters. The molecule has 0 fully saturated rings. The Hall–Kier alpha value is -1.71. The highest BCUT2D eigenvalue weighted by Gasteiger charge is 2.19. The summed E-state index contributed by atoms with van der Waals surface area (Å²) >= 11 is 0. The third kappa shape index (κ3) is 33.2. The van der Waals surface area contributed by atoms with Gasteiger partial charge in [0, 0.05) is 0 Å². The van der Waals surface area contributed by atoms with Gasteiger partial charge >= 0.3 is 5.97 Å². The number of hydrogen-bond acceptors (Lipinski definition) is 6. The monoisotopic (exact) mass is 337 g/mol. The Kier molecular flexibility index (Phi) is 11.5. The van der Waals surface area contributed by atoms with Crippen molar-refractivity contribution in [1.82, 2.24) is 0 Å². The van der Waals surface area contributed by atoms with E-state index in [4.69, 9.17) is 10.8 Å². The van der Waals surface area contributed by atoms with Crippen molar-refractivity contribution in [3.8, 4) is 0 Å². The summed E-state index contributed by atoms with van der Waals surface area (Å²) in [5.74, 6) is -2.98. The van der Waals surface area contributed by atoms with Crippen LogP contribution < -0.4 is 15.9 Å². The molecule has 0 rings (SSSR count). The van der Waals surface area contributed by atoms with Crippen LogP contribution in [0.3, 0.4) is 0 Å². The van der Waals surface area contributed by atoms with Crippen LogP contribution in [0.1, 0.15) is 13.8 Å². The largest absolute Gasteiger partial charge is 0.544 e. The van der Waals surface area contributed by atoms with E-state index in [-0.39, 0.29) is 13.1 Å². The summed E-state index contributed by atoms with van der Waals surface area (Å²) in [4.78, 5) is 29.7. The molecule has 3 N–H and O–H groups in total. The molecule has 0 aliphatic carbocycles. The number of quaternary nitrogens is 2. The van der Waals surface area contributed by atoms with E-state index in [1.807, 2.05) is 0 Å². The van der Waals surface area contributed by atoms with Crippen molar-refractivity contribution in [2.45, 2.75) is 19.4 Å². The molecule has 0 radical (unpaired) electrons. The zero-order valence-corrected chi connectivity index (χ0v) is 15.4. The van der Waals surface area contributed by atoms with E-state index >= 15 is 0 Å². The van der Waals surface area contributed by atoms with Crippen LogP contribution >= 0.6 is 0 Å². The number of carboxylic acids is 3. The van der Waals surface area contributed by atoms with Crippen LogP contribution in [0, 0.1) is 0 Å². The summed E-state index contributed by atoms with van der Waals surface area (Å²) in [6.45, 7) is 3.02. The normalized spacial score (nSPS) is 11.3. The minimum atomic E-state index is -1.08. The van der Waals surface area contributed by atoms with E-state index in [1.54, 1.807) is 42.3 Å².